The van der Waals surface area contributed by atoms with Crippen LogP contribution >= 0.6 is 0 Å². The first-order valence-electron chi connectivity index (χ1n) is 8.73. The number of hydrogen-bond donors (Lipinski definition) is 0. The van der Waals surface area contributed by atoms with Crippen molar-refractivity contribution in [2.45, 2.75) is 43.9 Å². The van der Waals surface area contributed by atoms with Crippen molar-refractivity contribution in [3.8, 4) is 5.75 Å². The second kappa shape index (κ2) is 5.64. The van der Waals surface area contributed by atoms with Crippen LogP contribution in [0.1, 0.15) is 44.1 Å². The van der Waals surface area contributed by atoms with Gasteiger partial charge < -0.3 is 9.47 Å². The molecule has 2 heteroatoms. The fourth-order valence-corrected chi connectivity index (χ4v) is 5.66. The molecule has 2 nitrogen and oxygen atoms in total. The van der Waals surface area contributed by atoms with E-state index in [0.29, 0.717) is 18.6 Å². The van der Waals surface area contributed by atoms with Crippen LogP contribution in [0.4, 0.5) is 0 Å². The molecule has 4 aliphatic carbocycles. The first-order chi connectivity index (χ1) is 10.8. The van der Waals surface area contributed by atoms with Crippen LogP contribution in [0.15, 0.2) is 37.1 Å². The highest BCUT2D eigenvalue weighted by Gasteiger charge is 2.51. The van der Waals surface area contributed by atoms with Gasteiger partial charge in [-0.05, 0) is 79.4 Å². The van der Waals surface area contributed by atoms with Gasteiger partial charge in [-0.25, -0.2) is 0 Å². The van der Waals surface area contributed by atoms with Gasteiger partial charge in [-0.3, -0.25) is 0 Å². The fourth-order valence-electron chi connectivity index (χ4n) is 5.66. The minimum Gasteiger partial charge on any atom is -0.498 e. The Hall–Kier alpha value is -1.44. The third-order valence-corrected chi connectivity index (χ3v) is 6.09. The highest BCUT2D eigenvalue weighted by molar-refractivity contribution is 5.34. The van der Waals surface area contributed by atoms with E-state index in [1.54, 1.807) is 5.56 Å². The van der Waals surface area contributed by atoms with Gasteiger partial charge in [-0.2, -0.15) is 0 Å². The van der Waals surface area contributed by atoms with E-state index in [1.807, 2.05) is 0 Å². The van der Waals surface area contributed by atoms with Crippen molar-refractivity contribution in [2.24, 2.45) is 17.8 Å². The van der Waals surface area contributed by atoms with Crippen LogP contribution < -0.4 is 4.74 Å². The summed E-state index contributed by atoms with van der Waals surface area (Å²) in [6, 6.07) is 8.91. The van der Waals surface area contributed by atoms with Crippen molar-refractivity contribution in [1.82, 2.24) is 0 Å². The summed E-state index contributed by atoms with van der Waals surface area (Å²) in [5.41, 5.74) is 2.04. The van der Waals surface area contributed by atoms with Gasteiger partial charge in [0.05, 0.1) is 6.26 Å². The van der Waals surface area contributed by atoms with E-state index in [2.05, 4.69) is 30.8 Å². The molecule has 0 aromatic heterocycles. The van der Waals surface area contributed by atoms with E-state index in [0.717, 1.165) is 23.5 Å². The smallest absolute Gasteiger partial charge is 0.122 e. The lowest BCUT2D eigenvalue weighted by Gasteiger charge is -2.57. The third kappa shape index (κ3) is 2.53. The molecule has 118 valence electrons. The third-order valence-electron chi connectivity index (χ3n) is 6.09. The molecule has 0 atom stereocenters. The zero-order valence-electron chi connectivity index (χ0n) is 13.3. The summed E-state index contributed by atoms with van der Waals surface area (Å²) in [6.45, 7) is 4.66. The second-order valence-electron chi connectivity index (χ2n) is 7.61. The SMILES string of the molecule is C=COCCOc1ccc(C23CC4CC(CC(C4)C2)C3)cc1. The van der Waals surface area contributed by atoms with Gasteiger partial charge in [-0.15, -0.1) is 0 Å². The first-order valence-corrected chi connectivity index (χ1v) is 8.73. The van der Waals surface area contributed by atoms with Gasteiger partial charge >= 0.3 is 0 Å². The Morgan fingerprint density at radius 1 is 0.955 bits per heavy atom. The molecule has 1 aromatic rings. The molecule has 4 fully saturated rings. The minimum absolute atomic E-state index is 0.485. The van der Waals surface area contributed by atoms with Crippen molar-refractivity contribution in [3.05, 3.63) is 42.7 Å². The van der Waals surface area contributed by atoms with Crippen LogP contribution in [0.2, 0.25) is 0 Å². The number of ether oxygens (including phenoxy) is 2. The molecule has 0 spiro atoms. The molecule has 0 unspecified atom stereocenters. The van der Waals surface area contributed by atoms with E-state index in [1.165, 1.54) is 44.8 Å². The van der Waals surface area contributed by atoms with Crippen molar-refractivity contribution in [2.75, 3.05) is 13.2 Å². The number of rotatable bonds is 6. The molecule has 5 rings (SSSR count). The van der Waals surface area contributed by atoms with Crippen molar-refractivity contribution in [3.63, 3.8) is 0 Å². The molecular weight excluding hydrogens is 272 g/mol. The van der Waals surface area contributed by atoms with Gasteiger partial charge in [0, 0.05) is 0 Å². The fraction of sp³-hybridized carbons (Fsp3) is 0.600. The Kier molecular flexibility index (Phi) is 3.63. The largest absolute Gasteiger partial charge is 0.498 e. The standard InChI is InChI=1S/C20H26O2/c1-2-21-7-8-22-19-5-3-18(4-6-19)20-12-15-9-16(13-20)11-17(10-15)14-20/h2-6,15-17H,1,7-14H2. The normalized spacial score (nSPS) is 35.4. The molecule has 4 saturated carbocycles. The Morgan fingerprint density at radius 2 is 1.55 bits per heavy atom. The van der Waals surface area contributed by atoms with Gasteiger partial charge in [0.1, 0.15) is 19.0 Å². The van der Waals surface area contributed by atoms with E-state index >= 15 is 0 Å². The summed E-state index contributed by atoms with van der Waals surface area (Å²) in [7, 11) is 0. The summed E-state index contributed by atoms with van der Waals surface area (Å²) in [6.07, 6.45) is 10.2. The van der Waals surface area contributed by atoms with Crippen LogP contribution in [0.25, 0.3) is 0 Å². The Morgan fingerprint density at radius 3 is 2.09 bits per heavy atom. The zero-order valence-corrected chi connectivity index (χ0v) is 13.3. The van der Waals surface area contributed by atoms with Crippen molar-refractivity contribution >= 4 is 0 Å². The first kappa shape index (κ1) is 14.2. The molecule has 0 amide bonds. The van der Waals surface area contributed by atoms with Gasteiger partial charge in [0.25, 0.3) is 0 Å². The molecule has 0 aliphatic heterocycles. The maximum Gasteiger partial charge on any atom is 0.122 e. The lowest BCUT2D eigenvalue weighted by atomic mass is 9.48. The van der Waals surface area contributed by atoms with Gasteiger partial charge in [0.2, 0.25) is 0 Å². The van der Waals surface area contributed by atoms with Crippen LogP contribution in [-0.4, -0.2) is 13.2 Å². The molecule has 0 N–H and O–H groups in total. The minimum atomic E-state index is 0.485. The van der Waals surface area contributed by atoms with E-state index < -0.39 is 0 Å². The topological polar surface area (TPSA) is 18.5 Å². The molecule has 0 heterocycles. The van der Waals surface area contributed by atoms with E-state index in [4.69, 9.17) is 9.47 Å². The van der Waals surface area contributed by atoms with Gasteiger partial charge in [-0.1, -0.05) is 18.7 Å². The van der Waals surface area contributed by atoms with Crippen LogP contribution in [0, 0.1) is 17.8 Å². The molecule has 22 heavy (non-hydrogen) atoms. The molecule has 0 radical (unpaired) electrons. The van der Waals surface area contributed by atoms with E-state index in [9.17, 15) is 0 Å². The number of benzene rings is 1. The lowest BCUT2D eigenvalue weighted by Crippen LogP contribution is -2.48. The molecular formula is C20H26O2. The summed E-state index contributed by atoms with van der Waals surface area (Å²) in [4.78, 5) is 0. The average molecular weight is 298 g/mol. The summed E-state index contributed by atoms with van der Waals surface area (Å²) in [5.74, 6) is 3.94. The monoisotopic (exact) mass is 298 g/mol. The van der Waals surface area contributed by atoms with Crippen molar-refractivity contribution < 1.29 is 9.47 Å². The van der Waals surface area contributed by atoms with Crippen molar-refractivity contribution in [1.29, 1.82) is 0 Å². The van der Waals surface area contributed by atoms with Crippen LogP contribution in [0.5, 0.6) is 5.75 Å². The maximum atomic E-state index is 5.71. The zero-order chi connectivity index (χ0) is 15.0. The lowest BCUT2D eigenvalue weighted by molar-refractivity contribution is -0.00520. The number of hydrogen-bond acceptors (Lipinski definition) is 2. The Balaban J connectivity index is 1.45. The van der Waals surface area contributed by atoms with Gasteiger partial charge in [0.15, 0.2) is 0 Å². The maximum absolute atomic E-state index is 5.71. The summed E-state index contributed by atoms with van der Waals surface area (Å²) >= 11 is 0. The predicted molar refractivity (Wildman–Crippen MR) is 87.9 cm³/mol. The molecule has 4 bridgehead atoms. The predicted octanol–water partition coefficient (Wildman–Crippen LogP) is 4.69. The molecule has 0 saturated heterocycles. The quantitative estimate of drug-likeness (QED) is 0.560. The van der Waals surface area contributed by atoms with E-state index in [-0.39, 0.29) is 0 Å². The Labute approximate surface area is 133 Å². The molecule has 4 aliphatic rings. The highest BCUT2D eigenvalue weighted by Crippen LogP contribution is 2.60. The van der Waals surface area contributed by atoms with Crippen LogP contribution in [0.3, 0.4) is 0 Å². The second-order valence-corrected chi connectivity index (χ2v) is 7.61. The average Bonchev–Trinajstić information content (AvgIpc) is 2.51. The summed E-state index contributed by atoms with van der Waals surface area (Å²) < 4.78 is 10.8. The highest BCUT2D eigenvalue weighted by atomic mass is 16.5. The summed E-state index contributed by atoms with van der Waals surface area (Å²) in [5, 5.41) is 0. The molecule has 1 aromatic carbocycles. The Bertz CT molecular complexity index is 496. The van der Waals surface area contributed by atoms with Crippen LogP contribution in [-0.2, 0) is 10.2 Å².